The van der Waals surface area contributed by atoms with Crippen LogP contribution in [0.5, 0.6) is 0 Å². The summed E-state index contributed by atoms with van der Waals surface area (Å²) in [5, 5.41) is 9.93. The highest BCUT2D eigenvalue weighted by molar-refractivity contribution is 5.14. The van der Waals surface area contributed by atoms with Crippen LogP contribution in [0.1, 0.15) is 40.0 Å². The molecule has 1 rings (SSSR count). The van der Waals surface area contributed by atoms with Gasteiger partial charge < -0.3 is 5.11 Å². The molecule has 1 atom stereocenters. The molecule has 2 nitrogen and oxygen atoms in total. The van der Waals surface area contributed by atoms with E-state index in [1.165, 1.54) is 32.4 Å². The zero-order valence-corrected chi connectivity index (χ0v) is 10.2. The average molecular weight is 209 g/mol. The van der Waals surface area contributed by atoms with Crippen LogP contribution in [0.25, 0.3) is 0 Å². The largest absolute Gasteiger partial charge is 0.378 e. The third kappa shape index (κ3) is 4.24. The van der Waals surface area contributed by atoms with Crippen molar-refractivity contribution in [2.45, 2.75) is 45.6 Å². The summed E-state index contributed by atoms with van der Waals surface area (Å²) in [6.07, 6.45) is 3.94. The molecule has 0 saturated carbocycles. The molecule has 0 aromatic rings. The number of aliphatic hydroxyl groups is 1. The summed E-state index contributed by atoms with van der Waals surface area (Å²) in [7, 11) is 0. The molecule has 0 aromatic heterocycles. The van der Waals surface area contributed by atoms with E-state index in [-0.39, 0.29) is 5.92 Å². The van der Waals surface area contributed by atoms with Crippen molar-refractivity contribution < 1.29 is 5.11 Å². The molecule has 1 aliphatic rings. The van der Waals surface area contributed by atoms with Crippen molar-refractivity contribution in [3.63, 3.8) is 0 Å². The van der Waals surface area contributed by atoms with Gasteiger partial charge in [0.25, 0.3) is 0 Å². The van der Waals surface area contributed by atoms with E-state index in [0.29, 0.717) is 0 Å². The molecule has 1 heterocycles. The molecule has 1 saturated heterocycles. The van der Waals surface area contributed by atoms with Crippen LogP contribution >= 0.6 is 0 Å². The molecule has 0 bridgehead atoms. The second-order valence-corrected chi connectivity index (χ2v) is 4.94. The predicted molar refractivity (Wildman–Crippen MR) is 63.5 cm³/mol. The van der Waals surface area contributed by atoms with Gasteiger partial charge in [-0.2, -0.15) is 0 Å². The zero-order chi connectivity index (χ0) is 11.3. The summed E-state index contributed by atoms with van der Waals surface area (Å²) < 4.78 is 0. The van der Waals surface area contributed by atoms with Crippen LogP contribution in [0.3, 0.4) is 0 Å². The standard InChI is InChI=1S/C13H23NO/c1-12(2)13(3,15)8-7-11-14-9-5-4-6-10-14/h12,15H,4-6,9-11H2,1-3H3/t13-/m1/s1. The molecule has 0 aromatic carbocycles. The maximum Gasteiger partial charge on any atom is 0.125 e. The highest BCUT2D eigenvalue weighted by atomic mass is 16.3. The first kappa shape index (κ1) is 12.5. The monoisotopic (exact) mass is 209 g/mol. The minimum absolute atomic E-state index is 0.186. The van der Waals surface area contributed by atoms with Crippen LogP contribution in [-0.4, -0.2) is 35.2 Å². The van der Waals surface area contributed by atoms with Gasteiger partial charge in [0, 0.05) is 0 Å². The van der Waals surface area contributed by atoms with E-state index in [1.54, 1.807) is 6.92 Å². The number of likely N-dealkylation sites (tertiary alicyclic amines) is 1. The van der Waals surface area contributed by atoms with Crippen molar-refractivity contribution in [1.29, 1.82) is 0 Å². The Morgan fingerprint density at radius 1 is 1.27 bits per heavy atom. The van der Waals surface area contributed by atoms with Gasteiger partial charge in [-0.05, 0) is 38.8 Å². The summed E-state index contributed by atoms with van der Waals surface area (Å²) in [6, 6.07) is 0. The normalized spacial score (nSPS) is 21.9. The maximum atomic E-state index is 9.93. The summed E-state index contributed by atoms with van der Waals surface area (Å²) in [4.78, 5) is 2.37. The SMILES string of the molecule is CC(C)[C@](C)(O)C#CCN1CCCCC1. The minimum Gasteiger partial charge on any atom is -0.378 e. The topological polar surface area (TPSA) is 23.5 Å². The van der Waals surface area contributed by atoms with Crippen molar-refractivity contribution >= 4 is 0 Å². The number of hydrogen-bond donors (Lipinski definition) is 1. The van der Waals surface area contributed by atoms with Crippen LogP contribution in [0.4, 0.5) is 0 Å². The lowest BCUT2D eigenvalue weighted by Gasteiger charge is -2.24. The Bertz CT molecular complexity index is 241. The quantitative estimate of drug-likeness (QED) is 0.702. The second-order valence-electron chi connectivity index (χ2n) is 4.94. The fourth-order valence-electron chi connectivity index (χ4n) is 1.59. The van der Waals surface area contributed by atoms with E-state index >= 15 is 0 Å². The molecule has 0 amide bonds. The van der Waals surface area contributed by atoms with Crippen LogP contribution in [-0.2, 0) is 0 Å². The number of nitrogens with zero attached hydrogens (tertiary/aromatic N) is 1. The molecule has 2 heteroatoms. The van der Waals surface area contributed by atoms with E-state index in [1.807, 2.05) is 13.8 Å². The molecular formula is C13H23NO. The molecule has 1 aliphatic heterocycles. The molecule has 1 N–H and O–H groups in total. The van der Waals surface area contributed by atoms with Gasteiger partial charge in [-0.25, -0.2) is 0 Å². The lowest BCUT2D eigenvalue weighted by atomic mass is 9.93. The predicted octanol–water partition coefficient (Wildman–Crippen LogP) is 1.88. The Kier molecular flexibility index (Phi) is 4.63. The van der Waals surface area contributed by atoms with Gasteiger partial charge in [0.2, 0.25) is 0 Å². The molecular weight excluding hydrogens is 186 g/mol. The van der Waals surface area contributed by atoms with Crippen LogP contribution in [0.15, 0.2) is 0 Å². The van der Waals surface area contributed by atoms with Crippen LogP contribution in [0.2, 0.25) is 0 Å². The Morgan fingerprint density at radius 2 is 1.87 bits per heavy atom. The molecule has 86 valence electrons. The molecule has 0 aliphatic carbocycles. The smallest absolute Gasteiger partial charge is 0.125 e. The Labute approximate surface area is 93.7 Å². The first-order chi connectivity index (χ1) is 7.02. The van der Waals surface area contributed by atoms with Gasteiger partial charge in [-0.1, -0.05) is 32.1 Å². The first-order valence-corrected chi connectivity index (χ1v) is 5.97. The Morgan fingerprint density at radius 3 is 2.40 bits per heavy atom. The maximum absolute atomic E-state index is 9.93. The van der Waals surface area contributed by atoms with Crippen molar-refractivity contribution in [2.24, 2.45) is 5.92 Å². The third-order valence-corrected chi connectivity index (χ3v) is 3.22. The molecule has 15 heavy (non-hydrogen) atoms. The van der Waals surface area contributed by atoms with E-state index in [0.717, 1.165) is 6.54 Å². The van der Waals surface area contributed by atoms with Crippen molar-refractivity contribution in [3.05, 3.63) is 0 Å². The lowest BCUT2D eigenvalue weighted by Crippen LogP contribution is -2.31. The average Bonchev–Trinajstić information content (AvgIpc) is 2.19. The highest BCUT2D eigenvalue weighted by Crippen LogP contribution is 2.14. The fourth-order valence-corrected chi connectivity index (χ4v) is 1.59. The molecule has 1 fully saturated rings. The minimum atomic E-state index is -0.838. The Balaban J connectivity index is 2.37. The van der Waals surface area contributed by atoms with Crippen molar-refractivity contribution in [3.8, 4) is 11.8 Å². The summed E-state index contributed by atoms with van der Waals surface area (Å²) in [5.41, 5.74) is -0.838. The van der Waals surface area contributed by atoms with Crippen molar-refractivity contribution in [2.75, 3.05) is 19.6 Å². The third-order valence-electron chi connectivity index (χ3n) is 3.22. The van der Waals surface area contributed by atoms with Gasteiger partial charge in [0.1, 0.15) is 5.60 Å². The summed E-state index contributed by atoms with van der Waals surface area (Å²) in [6.45, 7) is 8.92. The van der Waals surface area contributed by atoms with Crippen molar-refractivity contribution in [1.82, 2.24) is 4.90 Å². The molecule has 0 unspecified atom stereocenters. The van der Waals surface area contributed by atoms with Crippen LogP contribution < -0.4 is 0 Å². The van der Waals surface area contributed by atoms with Gasteiger partial charge in [0.15, 0.2) is 0 Å². The highest BCUT2D eigenvalue weighted by Gasteiger charge is 2.21. The van der Waals surface area contributed by atoms with E-state index in [9.17, 15) is 5.11 Å². The Hall–Kier alpha value is -0.520. The van der Waals surface area contributed by atoms with Gasteiger partial charge >= 0.3 is 0 Å². The summed E-state index contributed by atoms with van der Waals surface area (Å²) in [5.74, 6) is 6.26. The molecule has 0 spiro atoms. The first-order valence-electron chi connectivity index (χ1n) is 5.97. The lowest BCUT2D eigenvalue weighted by molar-refractivity contribution is 0.0724. The number of hydrogen-bond acceptors (Lipinski definition) is 2. The van der Waals surface area contributed by atoms with Gasteiger partial charge in [-0.3, -0.25) is 4.90 Å². The molecule has 0 radical (unpaired) electrons. The van der Waals surface area contributed by atoms with E-state index in [2.05, 4.69) is 16.7 Å². The van der Waals surface area contributed by atoms with E-state index in [4.69, 9.17) is 0 Å². The zero-order valence-electron chi connectivity index (χ0n) is 10.2. The fraction of sp³-hybridized carbons (Fsp3) is 0.846. The van der Waals surface area contributed by atoms with Gasteiger partial charge in [-0.15, -0.1) is 0 Å². The van der Waals surface area contributed by atoms with E-state index < -0.39 is 5.60 Å². The van der Waals surface area contributed by atoms with Crippen LogP contribution in [0, 0.1) is 17.8 Å². The van der Waals surface area contributed by atoms with Gasteiger partial charge in [0.05, 0.1) is 6.54 Å². The number of rotatable bonds is 2. The number of piperidine rings is 1. The second kappa shape index (κ2) is 5.53. The summed E-state index contributed by atoms with van der Waals surface area (Å²) >= 11 is 0.